The van der Waals surface area contributed by atoms with Crippen LogP contribution in [0.5, 0.6) is 5.75 Å². The zero-order valence-electron chi connectivity index (χ0n) is 18.5. The molecule has 0 aliphatic carbocycles. The predicted octanol–water partition coefficient (Wildman–Crippen LogP) is 4.13. The van der Waals surface area contributed by atoms with Crippen molar-refractivity contribution in [2.24, 2.45) is 5.92 Å². The number of nitrogens with zero attached hydrogens (tertiary/aromatic N) is 3. The maximum absolute atomic E-state index is 13.1. The number of benzene rings is 1. The average Bonchev–Trinajstić information content (AvgIpc) is 3.09. The molecule has 0 unspecified atom stereocenters. The number of rotatable bonds is 7. The van der Waals surface area contributed by atoms with Gasteiger partial charge in [-0.05, 0) is 59.5 Å². The highest BCUT2D eigenvalue weighted by Gasteiger charge is 2.46. The Balaban J connectivity index is 1.74. The molecule has 2 aromatic heterocycles. The molecule has 1 amide bonds. The highest BCUT2D eigenvalue weighted by atomic mass is 16.5. The average molecular weight is 444 g/mol. The molecule has 3 heterocycles. The van der Waals surface area contributed by atoms with Gasteiger partial charge in [-0.1, -0.05) is 19.9 Å². The summed E-state index contributed by atoms with van der Waals surface area (Å²) in [5.41, 5.74) is 1.95. The van der Waals surface area contributed by atoms with Gasteiger partial charge in [0.25, 0.3) is 11.7 Å². The summed E-state index contributed by atoms with van der Waals surface area (Å²) < 4.78 is 5.70. The molecule has 7 nitrogen and oxygen atoms in total. The van der Waals surface area contributed by atoms with Crippen LogP contribution in [0.3, 0.4) is 0 Å². The highest BCUT2D eigenvalue weighted by molar-refractivity contribution is 6.46. The van der Waals surface area contributed by atoms with Crippen molar-refractivity contribution < 1.29 is 19.4 Å². The minimum Gasteiger partial charge on any atom is -0.507 e. The van der Waals surface area contributed by atoms with Gasteiger partial charge < -0.3 is 14.7 Å². The minimum atomic E-state index is -0.745. The number of likely N-dealkylation sites (tertiary alicyclic amines) is 1. The SMILES string of the molecule is CC(C)COc1ccc(/C(O)=C2\C(=O)C(=O)N(Cc3cccnc3)[C@@H]2c2ccncc2)cc1. The smallest absolute Gasteiger partial charge is 0.295 e. The summed E-state index contributed by atoms with van der Waals surface area (Å²) >= 11 is 0. The van der Waals surface area contributed by atoms with Crippen molar-refractivity contribution in [3.05, 3.63) is 95.6 Å². The zero-order chi connectivity index (χ0) is 23.4. The van der Waals surface area contributed by atoms with Crippen molar-refractivity contribution in [1.82, 2.24) is 14.9 Å². The van der Waals surface area contributed by atoms with E-state index in [9.17, 15) is 14.7 Å². The molecule has 4 rings (SSSR count). The van der Waals surface area contributed by atoms with Crippen LogP contribution >= 0.6 is 0 Å². The third kappa shape index (κ3) is 4.77. The van der Waals surface area contributed by atoms with Gasteiger partial charge in [-0.2, -0.15) is 0 Å². The lowest BCUT2D eigenvalue weighted by Gasteiger charge is -2.25. The van der Waals surface area contributed by atoms with Crippen LogP contribution in [-0.4, -0.2) is 38.3 Å². The fourth-order valence-electron chi connectivity index (χ4n) is 3.75. The molecular formula is C26H25N3O4. The number of carbonyl (C=O) groups excluding carboxylic acids is 2. The predicted molar refractivity (Wildman–Crippen MR) is 123 cm³/mol. The van der Waals surface area contributed by atoms with Crippen molar-refractivity contribution >= 4 is 17.4 Å². The van der Waals surface area contributed by atoms with Crippen molar-refractivity contribution in [3.8, 4) is 5.75 Å². The molecule has 33 heavy (non-hydrogen) atoms. The standard InChI is InChI=1S/C26H25N3O4/c1-17(2)16-33-21-7-5-20(6-8-21)24(30)22-23(19-9-12-27-13-10-19)29(26(32)25(22)31)15-18-4-3-11-28-14-18/h3-14,17,23,30H,15-16H2,1-2H3/b24-22+/t23-/m1/s1. The normalized spacial score (nSPS) is 17.5. The number of carbonyl (C=O) groups is 2. The number of pyridine rings is 2. The van der Waals surface area contributed by atoms with Crippen LogP contribution in [0, 0.1) is 5.92 Å². The lowest BCUT2D eigenvalue weighted by Crippen LogP contribution is -2.29. The second kappa shape index (κ2) is 9.65. The van der Waals surface area contributed by atoms with Gasteiger partial charge in [-0.25, -0.2) is 0 Å². The number of amides is 1. The number of aromatic nitrogens is 2. The molecule has 168 valence electrons. The topological polar surface area (TPSA) is 92.6 Å². The summed E-state index contributed by atoms with van der Waals surface area (Å²) in [6, 6.07) is 13.2. The first-order valence-corrected chi connectivity index (χ1v) is 10.8. The molecule has 3 aromatic rings. The maximum atomic E-state index is 13.1. The van der Waals surface area contributed by atoms with E-state index in [-0.39, 0.29) is 17.9 Å². The van der Waals surface area contributed by atoms with Gasteiger partial charge >= 0.3 is 0 Å². The minimum absolute atomic E-state index is 0.0472. The third-order valence-electron chi connectivity index (χ3n) is 5.35. The van der Waals surface area contributed by atoms with E-state index >= 15 is 0 Å². The molecule has 0 radical (unpaired) electrons. The molecule has 1 aromatic carbocycles. The Hall–Kier alpha value is -4.00. The second-order valence-electron chi connectivity index (χ2n) is 8.30. The molecular weight excluding hydrogens is 418 g/mol. The summed E-state index contributed by atoms with van der Waals surface area (Å²) in [7, 11) is 0. The summed E-state index contributed by atoms with van der Waals surface area (Å²) in [4.78, 5) is 35.7. The number of Topliss-reactive ketones (excluding diaryl/α,β-unsaturated/α-hetero) is 1. The van der Waals surface area contributed by atoms with E-state index in [1.165, 1.54) is 4.90 Å². The number of hydrogen-bond donors (Lipinski definition) is 1. The number of ketones is 1. The molecule has 7 heteroatoms. The van der Waals surface area contributed by atoms with E-state index in [0.29, 0.717) is 29.4 Å². The van der Waals surface area contributed by atoms with Crippen LogP contribution in [-0.2, 0) is 16.1 Å². The monoisotopic (exact) mass is 443 g/mol. The summed E-state index contributed by atoms with van der Waals surface area (Å²) in [6.07, 6.45) is 6.49. The Morgan fingerprint density at radius 1 is 1.03 bits per heavy atom. The quantitative estimate of drug-likeness (QED) is 0.335. The Morgan fingerprint density at radius 2 is 1.76 bits per heavy atom. The fraction of sp³-hybridized carbons (Fsp3) is 0.231. The molecule has 1 saturated heterocycles. The maximum Gasteiger partial charge on any atom is 0.295 e. The van der Waals surface area contributed by atoms with Crippen LogP contribution in [0.1, 0.15) is 36.6 Å². The van der Waals surface area contributed by atoms with Gasteiger partial charge in [0.2, 0.25) is 0 Å². The van der Waals surface area contributed by atoms with Gasteiger partial charge in [-0.3, -0.25) is 19.6 Å². The first-order chi connectivity index (χ1) is 16.0. The van der Waals surface area contributed by atoms with Crippen molar-refractivity contribution in [3.63, 3.8) is 0 Å². The first-order valence-electron chi connectivity index (χ1n) is 10.8. The lowest BCUT2D eigenvalue weighted by atomic mass is 9.96. The molecule has 0 spiro atoms. The van der Waals surface area contributed by atoms with E-state index in [2.05, 4.69) is 23.8 Å². The van der Waals surface area contributed by atoms with Crippen LogP contribution in [0.2, 0.25) is 0 Å². The van der Waals surface area contributed by atoms with Crippen LogP contribution in [0.25, 0.3) is 5.76 Å². The summed E-state index contributed by atoms with van der Waals surface area (Å²) in [6.45, 7) is 4.88. The van der Waals surface area contributed by atoms with E-state index in [1.807, 2.05) is 6.07 Å². The number of hydrogen-bond acceptors (Lipinski definition) is 6. The second-order valence-corrected chi connectivity index (χ2v) is 8.30. The third-order valence-corrected chi connectivity index (χ3v) is 5.35. The molecule has 1 fully saturated rings. The van der Waals surface area contributed by atoms with Gasteiger partial charge in [0.15, 0.2) is 0 Å². The number of aliphatic hydroxyl groups is 1. The van der Waals surface area contributed by atoms with Gasteiger partial charge in [-0.15, -0.1) is 0 Å². The van der Waals surface area contributed by atoms with E-state index in [4.69, 9.17) is 4.74 Å². The molecule has 0 saturated carbocycles. The van der Waals surface area contributed by atoms with E-state index in [1.54, 1.807) is 67.3 Å². The van der Waals surface area contributed by atoms with Crippen molar-refractivity contribution in [2.75, 3.05) is 6.61 Å². The Labute approximate surface area is 192 Å². The van der Waals surface area contributed by atoms with Gasteiger partial charge in [0, 0.05) is 36.9 Å². The Bertz CT molecular complexity index is 1160. The molecule has 1 aliphatic rings. The Kier molecular flexibility index (Phi) is 6.49. The first kappa shape index (κ1) is 22.2. The summed E-state index contributed by atoms with van der Waals surface area (Å²) in [5.74, 6) is -0.561. The largest absolute Gasteiger partial charge is 0.507 e. The zero-order valence-corrected chi connectivity index (χ0v) is 18.5. The molecule has 1 atom stereocenters. The van der Waals surface area contributed by atoms with Crippen LogP contribution in [0.4, 0.5) is 0 Å². The summed E-state index contributed by atoms with van der Waals surface area (Å²) in [5, 5.41) is 11.1. The van der Waals surface area contributed by atoms with E-state index < -0.39 is 17.7 Å². The fourth-order valence-corrected chi connectivity index (χ4v) is 3.75. The molecule has 1 aliphatic heterocycles. The Morgan fingerprint density at radius 3 is 2.39 bits per heavy atom. The van der Waals surface area contributed by atoms with E-state index in [0.717, 1.165) is 5.56 Å². The van der Waals surface area contributed by atoms with Crippen LogP contribution < -0.4 is 4.74 Å². The number of aliphatic hydroxyl groups excluding tert-OH is 1. The highest BCUT2D eigenvalue weighted by Crippen LogP contribution is 2.40. The van der Waals surface area contributed by atoms with Crippen molar-refractivity contribution in [1.29, 1.82) is 0 Å². The van der Waals surface area contributed by atoms with Crippen molar-refractivity contribution in [2.45, 2.75) is 26.4 Å². The van der Waals surface area contributed by atoms with Crippen LogP contribution in [0.15, 0.2) is 78.9 Å². The number of ether oxygens (including phenoxy) is 1. The van der Waals surface area contributed by atoms with Gasteiger partial charge in [0.05, 0.1) is 18.2 Å². The molecule has 1 N–H and O–H groups in total. The molecule has 0 bridgehead atoms. The lowest BCUT2D eigenvalue weighted by molar-refractivity contribution is -0.140. The van der Waals surface area contributed by atoms with Gasteiger partial charge in [0.1, 0.15) is 11.5 Å².